The molecule has 0 spiro atoms. The van der Waals surface area contributed by atoms with Crippen molar-refractivity contribution >= 4 is 11.9 Å². The Morgan fingerprint density at radius 3 is 2.29 bits per heavy atom. The van der Waals surface area contributed by atoms with Crippen LogP contribution in [0.4, 0.5) is 0 Å². The lowest BCUT2D eigenvalue weighted by Gasteiger charge is -2.29. The molecule has 0 aliphatic heterocycles. The van der Waals surface area contributed by atoms with Crippen LogP contribution in [0.15, 0.2) is 0 Å². The van der Waals surface area contributed by atoms with Crippen molar-refractivity contribution in [3.05, 3.63) is 0 Å². The molecule has 2 fully saturated rings. The van der Waals surface area contributed by atoms with Crippen molar-refractivity contribution in [2.75, 3.05) is 6.54 Å². The molecule has 2 aliphatic rings. The molecule has 17 heavy (non-hydrogen) atoms. The quantitative estimate of drug-likeness (QED) is 0.795. The summed E-state index contributed by atoms with van der Waals surface area (Å²) in [5.41, 5.74) is 0. The zero-order valence-electron chi connectivity index (χ0n) is 10.6. The number of hydrogen-bond acceptors (Lipinski definition) is 2. The molecule has 96 valence electrons. The maximum atomic E-state index is 12.3. The van der Waals surface area contributed by atoms with Crippen LogP contribution < -0.4 is 0 Å². The Morgan fingerprint density at radius 2 is 1.82 bits per heavy atom. The molecule has 0 bridgehead atoms. The summed E-state index contributed by atoms with van der Waals surface area (Å²) in [5, 5.41) is 8.70. The first-order valence-corrected chi connectivity index (χ1v) is 6.51. The van der Waals surface area contributed by atoms with Gasteiger partial charge in [-0.25, -0.2) is 0 Å². The molecule has 2 unspecified atom stereocenters. The summed E-state index contributed by atoms with van der Waals surface area (Å²) >= 11 is 0. The number of fused-ring (bicyclic) bond motifs is 1. The second-order valence-electron chi connectivity index (χ2n) is 5.69. The molecule has 0 radical (unpaired) electrons. The van der Waals surface area contributed by atoms with E-state index < -0.39 is 5.97 Å². The fraction of sp³-hybridized carbons (Fsp3) is 0.846. The van der Waals surface area contributed by atoms with Gasteiger partial charge >= 0.3 is 5.97 Å². The Bertz CT molecular complexity index is 317. The Hall–Kier alpha value is -1.06. The molecule has 2 aliphatic carbocycles. The van der Waals surface area contributed by atoms with Crippen molar-refractivity contribution in [3.8, 4) is 0 Å². The predicted octanol–water partition coefficient (Wildman–Crippen LogP) is 1.74. The van der Waals surface area contributed by atoms with E-state index in [0.29, 0.717) is 6.54 Å². The first-order valence-electron chi connectivity index (χ1n) is 6.51. The van der Waals surface area contributed by atoms with E-state index in [1.165, 1.54) is 6.42 Å². The third kappa shape index (κ3) is 2.79. The van der Waals surface area contributed by atoms with Gasteiger partial charge in [0.15, 0.2) is 0 Å². The van der Waals surface area contributed by atoms with Gasteiger partial charge in [-0.2, -0.15) is 0 Å². The van der Waals surface area contributed by atoms with Crippen LogP contribution in [0.25, 0.3) is 0 Å². The average Bonchev–Trinajstić information content (AvgIpc) is 2.84. The summed E-state index contributed by atoms with van der Waals surface area (Å²) in [4.78, 5) is 24.6. The molecule has 0 aromatic heterocycles. The highest BCUT2D eigenvalue weighted by molar-refractivity contribution is 5.80. The number of rotatable bonds is 5. The van der Waals surface area contributed by atoms with E-state index in [4.69, 9.17) is 5.11 Å². The summed E-state index contributed by atoms with van der Waals surface area (Å²) in [7, 11) is 0. The first kappa shape index (κ1) is 12.4. The number of carboxylic acids is 1. The lowest BCUT2D eigenvalue weighted by atomic mass is 10.0. The monoisotopic (exact) mass is 239 g/mol. The Balaban J connectivity index is 1.90. The second kappa shape index (κ2) is 4.67. The highest BCUT2D eigenvalue weighted by Crippen LogP contribution is 2.54. The van der Waals surface area contributed by atoms with Gasteiger partial charge in [0.2, 0.25) is 5.91 Å². The van der Waals surface area contributed by atoms with Crippen molar-refractivity contribution in [2.45, 2.75) is 45.6 Å². The van der Waals surface area contributed by atoms with Gasteiger partial charge in [-0.05, 0) is 44.9 Å². The molecule has 0 saturated heterocycles. The van der Waals surface area contributed by atoms with E-state index in [9.17, 15) is 9.59 Å². The number of carbonyl (C=O) groups is 2. The van der Waals surface area contributed by atoms with E-state index in [0.717, 1.165) is 24.7 Å². The standard InChI is InChI=1S/C13H21NO3/c1-8(2)14(4-3-12(15)16)13(17)11-6-9-5-10(9)7-11/h8-11H,3-7H2,1-2H3,(H,15,16). The molecular formula is C13H21NO3. The minimum absolute atomic E-state index is 0.0451. The maximum Gasteiger partial charge on any atom is 0.305 e. The SMILES string of the molecule is CC(C)N(CCC(=O)O)C(=O)C1CC2CC2C1. The van der Waals surface area contributed by atoms with Crippen molar-refractivity contribution in [1.29, 1.82) is 0 Å². The van der Waals surface area contributed by atoms with E-state index >= 15 is 0 Å². The first-order chi connectivity index (χ1) is 7.99. The van der Waals surface area contributed by atoms with Gasteiger partial charge in [0.25, 0.3) is 0 Å². The summed E-state index contributed by atoms with van der Waals surface area (Å²) in [5.74, 6) is 1.08. The van der Waals surface area contributed by atoms with E-state index in [1.807, 2.05) is 13.8 Å². The molecule has 2 rings (SSSR count). The molecule has 0 aromatic rings. The summed E-state index contributed by atoms with van der Waals surface area (Å²) in [6, 6.07) is 0.0961. The van der Waals surface area contributed by atoms with Crippen LogP contribution >= 0.6 is 0 Å². The predicted molar refractivity (Wildman–Crippen MR) is 63.4 cm³/mol. The third-order valence-corrected chi connectivity index (χ3v) is 4.07. The molecule has 4 nitrogen and oxygen atoms in total. The molecule has 0 aromatic carbocycles. The molecule has 4 heteroatoms. The Morgan fingerprint density at radius 1 is 1.24 bits per heavy atom. The van der Waals surface area contributed by atoms with Gasteiger partial charge in [-0.15, -0.1) is 0 Å². The zero-order valence-corrected chi connectivity index (χ0v) is 10.6. The highest BCUT2D eigenvalue weighted by Gasteiger charge is 2.48. The number of carbonyl (C=O) groups excluding carboxylic acids is 1. The maximum absolute atomic E-state index is 12.3. The minimum atomic E-state index is -0.835. The van der Waals surface area contributed by atoms with E-state index in [2.05, 4.69) is 0 Å². The molecular weight excluding hydrogens is 218 g/mol. The summed E-state index contributed by atoms with van der Waals surface area (Å²) in [6.07, 6.45) is 3.41. The second-order valence-corrected chi connectivity index (χ2v) is 5.69. The Labute approximate surface area is 102 Å². The van der Waals surface area contributed by atoms with Gasteiger partial charge in [-0.3, -0.25) is 9.59 Å². The van der Waals surface area contributed by atoms with Crippen LogP contribution in [0.1, 0.15) is 39.5 Å². The number of carboxylic acid groups (broad SMARTS) is 1. The normalized spacial score (nSPS) is 30.2. The average molecular weight is 239 g/mol. The minimum Gasteiger partial charge on any atom is -0.481 e. The molecule has 1 N–H and O–H groups in total. The fourth-order valence-electron chi connectivity index (χ4n) is 2.99. The topological polar surface area (TPSA) is 57.6 Å². The lowest BCUT2D eigenvalue weighted by Crippen LogP contribution is -2.41. The highest BCUT2D eigenvalue weighted by atomic mass is 16.4. The van der Waals surface area contributed by atoms with E-state index in [-0.39, 0.29) is 24.3 Å². The van der Waals surface area contributed by atoms with Gasteiger partial charge in [-0.1, -0.05) is 0 Å². The number of aliphatic carboxylic acids is 1. The Kier molecular flexibility index (Phi) is 3.40. The molecule has 1 amide bonds. The fourth-order valence-corrected chi connectivity index (χ4v) is 2.99. The molecule has 2 saturated carbocycles. The van der Waals surface area contributed by atoms with Gasteiger partial charge < -0.3 is 10.0 Å². The van der Waals surface area contributed by atoms with Crippen LogP contribution in [0, 0.1) is 17.8 Å². The van der Waals surface area contributed by atoms with E-state index in [1.54, 1.807) is 4.90 Å². The van der Waals surface area contributed by atoms with Crippen molar-refractivity contribution in [1.82, 2.24) is 4.90 Å². The molecule has 2 atom stereocenters. The van der Waals surface area contributed by atoms with Crippen molar-refractivity contribution in [2.24, 2.45) is 17.8 Å². The van der Waals surface area contributed by atoms with Crippen LogP contribution in [0.2, 0.25) is 0 Å². The number of amides is 1. The van der Waals surface area contributed by atoms with Gasteiger partial charge in [0.1, 0.15) is 0 Å². The number of nitrogens with zero attached hydrogens (tertiary/aromatic N) is 1. The van der Waals surface area contributed by atoms with Crippen molar-refractivity contribution < 1.29 is 14.7 Å². The summed E-state index contributed by atoms with van der Waals surface area (Å²) in [6.45, 7) is 4.25. The number of hydrogen-bond donors (Lipinski definition) is 1. The lowest BCUT2D eigenvalue weighted by molar-refractivity contribution is -0.140. The smallest absolute Gasteiger partial charge is 0.305 e. The van der Waals surface area contributed by atoms with Crippen molar-refractivity contribution in [3.63, 3.8) is 0 Å². The van der Waals surface area contributed by atoms with Gasteiger partial charge in [0.05, 0.1) is 6.42 Å². The van der Waals surface area contributed by atoms with Crippen LogP contribution in [-0.2, 0) is 9.59 Å². The largest absolute Gasteiger partial charge is 0.481 e. The summed E-state index contributed by atoms with van der Waals surface area (Å²) < 4.78 is 0. The zero-order chi connectivity index (χ0) is 12.6. The third-order valence-electron chi connectivity index (χ3n) is 4.07. The molecule has 0 heterocycles. The van der Waals surface area contributed by atoms with Crippen LogP contribution in [0.3, 0.4) is 0 Å². The van der Waals surface area contributed by atoms with Crippen LogP contribution in [0.5, 0.6) is 0 Å². The van der Waals surface area contributed by atoms with Gasteiger partial charge in [0, 0.05) is 18.5 Å². The van der Waals surface area contributed by atoms with Crippen LogP contribution in [-0.4, -0.2) is 34.5 Å².